The van der Waals surface area contributed by atoms with E-state index in [9.17, 15) is 19.2 Å². The van der Waals surface area contributed by atoms with Gasteiger partial charge in [-0.3, -0.25) is 29.4 Å². The SMILES string of the molecule is O=C1CCC(N2Cc3cc(O[C@H]4CCCC(F)(F)[C@H]4N4CC(C5CCN(C(=O)CC6CC6)CC5)C4)ccc3C2=O)C(=O)N1. The average Bonchev–Trinajstić information content (AvgIpc) is 3.70. The molecule has 2 aliphatic carbocycles. The summed E-state index contributed by atoms with van der Waals surface area (Å²) in [6.07, 6.45) is 5.45. The van der Waals surface area contributed by atoms with Gasteiger partial charge in [0.15, 0.2) is 0 Å². The van der Waals surface area contributed by atoms with Gasteiger partial charge >= 0.3 is 0 Å². The number of imide groups is 1. The largest absolute Gasteiger partial charge is 0.489 e. The minimum absolute atomic E-state index is 0.153. The lowest BCUT2D eigenvalue weighted by atomic mass is 9.76. The average molecular weight is 599 g/mol. The first kappa shape index (κ1) is 28.7. The fraction of sp³-hybridized carbons (Fsp3) is 0.688. The summed E-state index contributed by atoms with van der Waals surface area (Å²) in [6.45, 7) is 3.02. The first-order valence-corrected chi connectivity index (χ1v) is 16.0. The number of nitrogens with one attached hydrogen (secondary N) is 1. The topological polar surface area (TPSA) is 99.3 Å². The Balaban J connectivity index is 0.972. The Morgan fingerprint density at radius 3 is 2.49 bits per heavy atom. The Labute approximate surface area is 250 Å². The third-order valence-corrected chi connectivity index (χ3v) is 10.6. The van der Waals surface area contributed by atoms with Gasteiger partial charge in [-0.1, -0.05) is 0 Å². The number of hydrogen-bond donors (Lipinski definition) is 1. The van der Waals surface area contributed by atoms with Gasteiger partial charge in [0.05, 0.1) is 0 Å². The van der Waals surface area contributed by atoms with E-state index in [-0.39, 0.29) is 43.5 Å². The van der Waals surface area contributed by atoms with Gasteiger partial charge in [-0.2, -0.15) is 0 Å². The van der Waals surface area contributed by atoms with Crippen molar-refractivity contribution < 1.29 is 32.7 Å². The molecule has 0 spiro atoms. The van der Waals surface area contributed by atoms with Gasteiger partial charge in [0.1, 0.15) is 23.9 Å². The Morgan fingerprint density at radius 2 is 1.77 bits per heavy atom. The predicted octanol–water partition coefficient (Wildman–Crippen LogP) is 3.35. The maximum absolute atomic E-state index is 15.4. The van der Waals surface area contributed by atoms with Crippen LogP contribution in [-0.4, -0.2) is 88.6 Å². The molecule has 5 fully saturated rings. The molecule has 1 aromatic rings. The van der Waals surface area contributed by atoms with Crippen LogP contribution < -0.4 is 10.1 Å². The normalized spacial score (nSPS) is 30.2. The Bertz CT molecular complexity index is 1300. The number of ether oxygens (including phenoxy) is 1. The van der Waals surface area contributed by atoms with Crippen LogP contribution in [-0.2, 0) is 20.9 Å². The number of nitrogens with zero attached hydrogens (tertiary/aromatic N) is 3. The van der Waals surface area contributed by atoms with E-state index < -0.39 is 30.0 Å². The highest BCUT2D eigenvalue weighted by Gasteiger charge is 2.54. The Morgan fingerprint density at radius 1 is 1.00 bits per heavy atom. The number of carbonyl (C=O) groups is 4. The molecule has 11 heteroatoms. The van der Waals surface area contributed by atoms with Gasteiger partial charge in [0.2, 0.25) is 17.7 Å². The zero-order chi connectivity index (χ0) is 29.9. The monoisotopic (exact) mass is 598 g/mol. The fourth-order valence-electron chi connectivity index (χ4n) is 7.93. The van der Waals surface area contributed by atoms with Crippen LogP contribution in [0.1, 0.15) is 80.1 Å². The molecule has 1 aromatic carbocycles. The molecule has 4 heterocycles. The number of alkyl halides is 2. The first-order valence-electron chi connectivity index (χ1n) is 16.0. The number of likely N-dealkylation sites (tertiary alicyclic amines) is 2. The summed E-state index contributed by atoms with van der Waals surface area (Å²) in [7, 11) is 0. The number of fused-ring (bicyclic) bond motifs is 1. The molecule has 232 valence electrons. The molecule has 4 amide bonds. The lowest BCUT2D eigenvalue weighted by Crippen LogP contribution is -2.66. The summed E-state index contributed by atoms with van der Waals surface area (Å²) in [5, 5.41) is 2.30. The van der Waals surface area contributed by atoms with Crippen LogP contribution in [0.4, 0.5) is 8.78 Å². The highest BCUT2D eigenvalue weighted by Crippen LogP contribution is 2.44. The maximum Gasteiger partial charge on any atom is 0.266 e. The van der Waals surface area contributed by atoms with E-state index in [2.05, 4.69) is 5.32 Å². The van der Waals surface area contributed by atoms with E-state index >= 15 is 8.78 Å². The fourth-order valence-corrected chi connectivity index (χ4v) is 7.93. The van der Waals surface area contributed by atoms with Crippen molar-refractivity contribution in [3.63, 3.8) is 0 Å². The van der Waals surface area contributed by atoms with Crippen LogP contribution in [0.15, 0.2) is 18.2 Å². The molecule has 0 radical (unpaired) electrons. The van der Waals surface area contributed by atoms with Gasteiger partial charge in [0, 0.05) is 57.5 Å². The number of hydrogen-bond acceptors (Lipinski definition) is 6. The quantitative estimate of drug-likeness (QED) is 0.484. The van der Waals surface area contributed by atoms with Crippen molar-refractivity contribution in [3.05, 3.63) is 29.3 Å². The zero-order valence-electron chi connectivity index (χ0n) is 24.4. The number of halogens is 2. The maximum atomic E-state index is 15.4. The smallest absolute Gasteiger partial charge is 0.266 e. The van der Waals surface area contributed by atoms with Crippen LogP contribution in [0.25, 0.3) is 0 Å². The molecule has 0 bridgehead atoms. The Kier molecular flexibility index (Phi) is 7.42. The van der Waals surface area contributed by atoms with Crippen LogP contribution >= 0.6 is 0 Å². The van der Waals surface area contributed by atoms with Crippen molar-refractivity contribution in [3.8, 4) is 5.75 Å². The van der Waals surface area contributed by atoms with E-state index in [1.807, 2.05) is 9.80 Å². The summed E-state index contributed by atoms with van der Waals surface area (Å²) in [5.74, 6) is -1.81. The van der Waals surface area contributed by atoms with Crippen molar-refractivity contribution in [2.45, 2.75) is 94.9 Å². The number of piperidine rings is 2. The van der Waals surface area contributed by atoms with Crippen molar-refractivity contribution in [1.29, 1.82) is 0 Å². The van der Waals surface area contributed by atoms with E-state index in [1.54, 1.807) is 18.2 Å². The second-order valence-electron chi connectivity index (χ2n) is 13.6. The number of carbonyl (C=O) groups excluding carboxylic acids is 4. The van der Waals surface area contributed by atoms with Crippen LogP contribution in [0.5, 0.6) is 5.75 Å². The van der Waals surface area contributed by atoms with E-state index in [1.165, 1.54) is 17.7 Å². The molecule has 7 rings (SSSR count). The number of amides is 4. The van der Waals surface area contributed by atoms with Crippen molar-refractivity contribution >= 4 is 23.6 Å². The van der Waals surface area contributed by atoms with Gasteiger partial charge in [0.25, 0.3) is 11.8 Å². The number of rotatable bonds is 7. The van der Waals surface area contributed by atoms with Crippen LogP contribution in [0.3, 0.4) is 0 Å². The van der Waals surface area contributed by atoms with Gasteiger partial charge in [-0.15, -0.1) is 0 Å². The predicted molar refractivity (Wildman–Crippen MR) is 151 cm³/mol. The Hall–Kier alpha value is -3.08. The first-order chi connectivity index (χ1) is 20.7. The third-order valence-electron chi connectivity index (χ3n) is 10.6. The molecule has 2 saturated carbocycles. The summed E-state index contributed by atoms with van der Waals surface area (Å²) in [5.41, 5.74) is 1.16. The third kappa shape index (κ3) is 5.65. The molecule has 9 nitrogen and oxygen atoms in total. The van der Waals surface area contributed by atoms with E-state index in [0.29, 0.717) is 67.0 Å². The minimum atomic E-state index is -2.86. The summed E-state index contributed by atoms with van der Waals surface area (Å²) in [4.78, 5) is 54.8. The summed E-state index contributed by atoms with van der Waals surface area (Å²) in [6, 6.07) is 3.33. The highest BCUT2D eigenvalue weighted by molar-refractivity contribution is 6.05. The van der Waals surface area contributed by atoms with Crippen molar-refractivity contribution in [1.82, 2.24) is 20.0 Å². The second-order valence-corrected chi connectivity index (χ2v) is 13.6. The molecular weight excluding hydrogens is 558 g/mol. The van der Waals surface area contributed by atoms with E-state index in [0.717, 1.165) is 25.9 Å². The molecule has 3 atom stereocenters. The highest BCUT2D eigenvalue weighted by atomic mass is 19.3. The molecule has 1 N–H and O–H groups in total. The van der Waals surface area contributed by atoms with Gasteiger partial charge in [-0.05, 0) is 86.5 Å². The number of benzene rings is 1. The molecule has 6 aliphatic rings. The molecule has 3 saturated heterocycles. The van der Waals surface area contributed by atoms with Crippen LogP contribution in [0, 0.1) is 17.8 Å². The lowest BCUT2D eigenvalue weighted by molar-refractivity contribution is -0.172. The standard InChI is InChI=1S/C32H40F2N4O5/c33-32(34)11-1-2-26(29(32)37-16-22(17-37)20-9-12-36(13-10-20)28(40)14-19-3-4-19)43-23-5-6-24-21(15-23)18-38(31(24)42)25-7-8-27(39)35-30(25)41/h5-6,15,19-20,22,25-26,29H,1-4,7-14,16-18H2,(H,35,39,41)/t25?,26-,29-/m0/s1. The lowest BCUT2D eigenvalue weighted by Gasteiger charge is -2.53. The molecule has 0 aromatic heterocycles. The molecular formula is C32H40F2N4O5. The molecule has 4 aliphatic heterocycles. The summed E-state index contributed by atoms with van der Waals surface area (Å²) >= 11 is 0. The molecule has 1 unspecified atom stereocenters. The molecule has 43 heavy (non-hydrogen) atoms. The van der Waals surface area contributed by atoms with Gasteiger partial charge < -0.3 is 14.5 Å². The van der Waals surface area contributed by atoms with E-state index in [4.69, 9.17) is 4.74 Å². The van der Waals surface area contributed by atoms with Crippen molar-refractivity contribution in [2.75, 3.05) is 26.2 Å². The van der Waals surface area contributed by atoms with Gasteiger partial charge in [-0.25, -0.2) is 8.78 Å². The second kappa shape index (κ2) is 11.1. The van der Waals surface area contributed by atoms with Crippen molar-refractivity contribution in [2.24, 2.45) is 17.8 Å². The van der Waals surface area contributed by atoms with Crippen LogP contribution in [0.2, 0.25) is 0 Å². The zero-order valence-corrected chi connectivity index (χ0v) is 24.4. The summed E-state index contributed by atoms with van der Waals surface area (Å²) < 4.78 is 37.1. The minimum Gasteiger partial charge on any atom is -0.489 e.